The molecule has 9 heavy (non-hydrogen) atoms. The molecule has 0 aromatic heterocycles. The van der Waals surface area contributed by atoms with E-state index in [4.69, 9.17) is 0 Å². The van der Waals surface area contributed by atoms with E-state index >= 15 is 0 Å². The summed E-state index contributed by atoms with van der Waals surface area (Å²) in [5.74, 6) is 0. The third-order valence-corrected chi connectivity index (χ3v) is 1.32. The predicted octanol–water partition coefficient (Wildman–Crippen LogP) is 0.172. The third kappa shape index (κ3) is 2.01. The average molecular weight is 126 g/mol. The zero-order valence-corrected chi connectivity index (χ0v) is 5.26. The molecule has 3 nitrogen and oxygen atoms in total. The molecule has 1 saturated heterocycles. The Labute approximate surface area is 55.0 Å². The van der Waals surface area contributed by atoms with Crippen LogP contribution in [0.3, 0.4) is 0 Å². The second-order valence-corrected chi connectivity index (χ2v) is 2.01. The maximum atomic E-state index is 9.88. The molecule has 1 N–H and O–H groups in total. The molecule has 1 amide bonds. The Balaban J connectivity index is 2.15. The highest BCUT2D eigenvalue weighted by Gasteiger charge is 2.08. The lowest BCUT2D eigenvalue weighted by molar-refractivity contribution is -0.113. The highest BCUT2D eigenvalue weighted by atomic mass is 16.1. The first-order valence-corrected chi connectivity index (χ1v) is 3.14. The molecule has 0 bridgehead atoms. The predicted molar refractivity (Wildman–Crippen MR) is 33.0 cm³/mol. The fraction of sp³-hybridized carbons (Fsp3) is 0.667. The number of hydrogen-bond acceptors (Lipinski definition) is 2. The van der Waals surface area contributed by atoms with Crippen LogP contribution < -0.4 is 5.43 Å². The van der Waals surface area contributed by atoms with E-state index in [1.54, 1.807) is 5.01 Å². The monoisotopic (exact) mass is 126 g/mol. The summed E-state index contributed by atoms with van der Waals surface area (Å²) < 4.78 is 0. The number of nitrogens with zero attached hydrogens (tertiary/aromatic N) is 1. The number of hydrogen-bond donors (Lipinski definition) is 1. The number of carbonyl (C=O) groups excluding carboxylic acids is 1. The third-order valence-electron chi connectivity index (χ3n) is 1.32. The lowest BCUT2D eigenvalue weighted by Gasteiger charge is -2.23. The Kier molecular flexibility index (Phi) is 2.51. The van der Waals surface area contributed by atoms with Crippen molar-refractivity contribution in [3.05, 3.63) is 6.54 Å². The number of piperidine rings is 1. The van der Waals surface area contributed by atoms with Crippen molar-refractivity contribution in [2.24, 2.45) is 0 Å². The van der Waals surface area contributed by atoms with Crippen molar-refractivity contribution < 1.29 is 4.79 Å². The van der Waals surface area contributed by atoms with Crippen molar-refractivity contribution in [2.75, 3.05) is 6.54 Å². The summed E-state index contributed by atoms with van der Waals surface area (Å²) in [7, 11) is 0. The van der Waals surface area contributed by atoms with Crippen LogP contribution in [0.5, 0.6) is 0 Å². The second kappa shape index (κ2) is 3.45. The van der Waals surface area contributed by atoms with E-state index in [0.717, 1.165) is 19.4 Å². The first-order chi connectivity index (χ1) is 4.43. The Morgan fingerprint density at radius 1 is 1.56 bits per heavy atom. The molecule has 2 radical (unpaired) electrons. The summed E-state index contributed by atoms with van der Waals surface area (Å²) in [5.41, 5.74) is 2.53. The van der Waals surface area contributed by atoms with Crippen LogP contribution in [-0.2, 0) is 4.79 Å². The number of rotatable bonds is 2. The molecule has 0 atom stereocenters. The van der Waals surface area contributed by atoms with Crippen LogP contribution in [0.1, 0.15) is 19.3 Å². The quantitative estimate of drug-likeness (QED) is 0.535. The fourth-order valence-corrected chi connectivity index (χ4v) is 0.862. The molecule has 0 aromatic rings. The lowest BCUT2D eigenvalue weighted by Crippen LogP contribution is -2.37. The van der Waals surface area contributed by atoms with E-state index in [0.29, 0.717) is 6.41 Å². The van der Waals surface area contributed by atoms with Gasteiger partial charge in [0.1, 0.15) is 0 Å². The molecule has 0 aromatic carbocycles. The molecule has 1 rings (SSSR count). The Bertz CT molecular complexity index is 89.1. The van der Waals surface area contributed by atoms with Gasteiger partial charge in [-0.1, -0.05) is 6.42 Å². The number of carbonyl (C=O) groups is 1. The van der Waals surface area contributed by atoms with Gasteiger partial charge in [0.15, 0.2) is 0 Å². The van der Waals surface area contributed by atoms with Gasteiger partial charge in [-0.05, 0) is 12.8 Å². The minimum Gasteiger partial charge on any atom is -0.291 e. The number of hydrazine groups is 1. The highest BCUT2D eigenvalue weighted by Crippen LogP contribution is 2.08. The summed E-state index contributed by atoms with van der Waals surface area (Å²) in [6, 6.07) is 0. The van der Waals surface area contributed by atoms with E-state index in [2.05, 4.69) is 12.0 Å². The minimum absolute atomic E-state index is 0.679. The average Bonchev–Trinajstić information content (AvgIpc) is 1.91. The van der Waals surface area contributed by atoms with Crippen LogP contribution in [0.15, 0.2) is 0 Å². The van der Waals surface area contributed by atoms with Gasteiger partial charge in [-0.15, -0.1) is 0 Å². The topological polar surface area (TPSA) is 32.3 Å². The molecule has 50 valence electrons. The van der Waals surface area contributed by atoms with Crippen LogP contribution in [0.4, 0.5) is 0 Å². The van der Waals surface area contributed by atoms with Gasteiger partial charge in [0.05, 0.1) is 6.54 Å². The highest BCUT2D eigenvalue weighted by molar-refractivity contribution is 5.45. The van der Waals surface area contributed by atoms with E-state index < -0.39 is 0 Å². The van der Waals surface area contributed by atoms with Gasteiger partial charge in [-0.3, -0.25) is 10.2 Å². The molecule has 1 heterocycles. The maximum absolute atomic E-state index is 9.88. The van der Waals surface area contributed by atoms with Crippen molar-refractivity contribution in [1.29, 1.82) is 0 Å². The molecule has 1 aliphatic heterocycles. The number of nitrogens with one attached hydrogen (secondary N) is 1. The molecule has 0 aliphatic carbocycles. The second-order valence-electron chi connectivity index (χ2n) is 2.01. The first kappa shape index (κ1) is 6.55. The van der Waals surface area contributed by atoms with E-state index in [1.807, 2.05) is 0 Å². The Morgan fingerprint density at radius 3 is 3.00 bits per heavy atom. The SMILES string of the molecule is O=CNN1[C]CCCC1. The van der Waals surface area contributed by atoms with Crippen LogP contribution in [0, 0.1) is 6.54 Å². The van der Waals surface area contributed by atoms with Gasteiger partial charge in [0, 0.05) is 6.54 Å². The summed E-state index contributed by atoms with van der Waals surface area (Å²) in [6.07, 6.45) is 3.98. The van der Waals surface area contributed by atoms with Crippen molar-refractivity contribution >= 4 is 6.41 Å². The van der Waals surface area contributed by atoms with Gasteiger partial charge in [-0.2, -0.15) is 0 Å². The number of amides is 1. The molecule has 0 spiro atoms. The van der Waals surface area contributed by atoms with Crippen LogP contribution in [0.2, 0.25) is 0 Å². The van der Waals surface area contributed by atoms with Crippen molar-refractivity contribution in [2.45, 2.75) is 19.3 Å². The van der Waals surface area contributed by atoms with Gasteiger partial charge in [-0.25, -0.2) is 5.01 Å². The van der Waals surface area contributed by atoms with Crippen LogP contribution in [0.25, 0.3) is 0 Å². The Morgan fingerprint density at radius 2 is 2.44 bits per heavy atom. The lowest BCUT2D eigenvalue weighted by atomic mass is 10.2. The first-order valence-electron chi connectivity index (χ1n) is 3.14. The fourth-order valence-electron chi connectivity index (χ4n) is 0.862. The largest absolute Gasteiger partial charge is 0.291 e. The van der Waals surface area contributed by atoms with Gasteiger partial charge in [0.25, 0.3) is 0 Å². The maximum Gasteiger partial charge on any atom is 0.221 e. The molecule has 0 unspecified atom stereocenters. The van der Waals surface area contributed by atoms with Crippen molar-refractivity contribution in [3.8, 4) is 0 Å². The summed E-state index contributed by atoms with van der Waals surface area (Å²) >= 11 is 0. The molecular weight excluding hydrogens is 116 g/mol. The molecule has 1 aliphatic rings. The van der Waals surface area contributed by atoms with Gasteiger partial charge >= 0.3 is 0 Å². The standard InChI is InChI=1S/C6H10N2O/c9-6-7-8-4-2-1-3-5-8/h6H,1-4H2,(H,7,9). The molecule has 1 fully saturated rings. The summed E-state index contributed by atoms with van der Waals surface area (Å²) in [5, 5.41) is 1.70. The normalized spacial score (nSPS) is 21.3. The zero-order valence-electron chi connectivity index (χ0n) is 5.26. The smallest absolute Gasteiger partial charge is 0.221 e. The molecule has 0 saturated carbocycles. The zero-order chi connectivity index (χ0) is 6.53. The molecular formula is C6H10N2O. The summed E-state index contributed by atoms with van der Waals surface area (Å²) in [6.45, 7) is 3.91. The summed E-state index contributed by atoms with van der Waals surface area (Å²) in [4.78, 5) is 9.88. The van der Waals surface area contributed by atoms with Gasteiger partial charge in [0.2, 0.25) is 6.41 Å². The van der Waals surface area contributed by atoms with E-state index in [-0.39, 0.29) is 0 Å². The van der Waals surface area contributed by atoms with Crippen LogP contribution in [-0.4, -0.2) is 18.0 Å². The van der Waals surface area contributed by atoms with Gasteiger partial charge < -0.3 is 0 Å². The van der Waals surface area contributed by atoms with E-state index in [1.165, 1.54) is 6.42 Å². The minimum atomic E-state index is 0.679. The van der Waals surface area contributed by atoms with E-state index in [9.17, 15) is 4.79 Å². The van der Waals surface area contributed by atoms with Crippen molar-refractivity contribution in [3.63, 3.8) is 0 Å². The molecule has 3 heteroatoms. The Hall–Kier alpha value is -0.570. The van der Waals surface area contributed by atoms with Crippen molar-refractivity contribution in [1.82, 2.24) is 10.4 Å². The van der Waals surface area contributed by atoms with Crippen LogP contribution >= 0.6 is 0 Å².